The van der Waals surface area contributed by atoms with Crippen LogP contribution in [0, 0.1) is 0 Å². The van der Waals surface area contributed by atoms with Gasteiger partial charge in [0.1, 0.15) is 6.04 Å². The van der Waals surface area contributed by atoms with Crippen LogP contribution in [0.25, 0.3) is 21.7 Å². The molecule has 1 aliphatic rings. The maximum atomic E-state index is 10.7. The van der Waals surface area contributed by atoms with Crippen LogP contribution in [0.15, 0.2) is 66.7 Å². The highest BCUT2D eigenvalue weighted by atomic mass is 16.5. The fraction of sp³-hybridized carbons (Fsp3) is 0.143. The molecule has 1 aliphatic heterocycles. The highest BCUT2D eigenvalue weighted by molar-refractivity contribution is 5.88. The van der Waals surface area contributed by atoms with Crippen molar-refractivity contribution >= 4 is 21.7 Å². The Balaban J connectivity index is 1.79. The van der Waals surface area contributed by atoms with Crippen molar-refractivity contribution in [2.24, 2.45) is 0 Å². The number of hydroxylamine groups is 2. The summed E-state index contributed by atoms with van der Waals surface area (Å²) in [5.74, 6) is 0. The minimum Gasteiger partial charge on any atom is -0.356 e. The molecule has 0 bridgehead atoms. The van der Waals surface area contributed by atoms with Crippen LogP contribution in [0.2, 0.25) is 0 Å². The number of hydrogen-bond donors (Lipinski definition) is 2. The van der Waals surface area contributed by atoms with E-state index in [1.807, 2.05) is 6.07 Å². The molecule has 2 heterocycles. The lowest BCUT2D eigenvalue weighted by Crippen LogP contribution is -2.33. The summed E-state index contributed by atoms with van der Waals surface area (Å²) in [5, 5.41) is 15.8. The first-order chi connectivity index (χ1) is 11.8. The van der Waals surface area contributed by atoms with Crippen molar-refractivity contribution in [1.82, 2.24) is 10.0 Å². The smallest absolute Gasteiger partial charge is 0.101 e. The zero-order valence-electron chi connectivity index (χ0n) is 13.2. The molecular formula is C21H18N2O. The quantitative estimate of drug-likeness (QED) is 0.536. The number of nitrogens with zero attached hydrogens (tertiary/aromatic N) is 1. The van der Waals surface area contributed by atoms with E-state index in [2.05, 4.69) is 65.6 Å². The van der Waals surface area contributed by atoms with Gasteiger partial charge in [0.15, 0.2) is 0 Å². The van der Waals surface area contributed by atoms with Crippen molar-refractivity contribution in [2.45, 2.75) is 12.5 Å². The van der Waals surface area contributed by atoms with Gasteiger partial charge in [-0.2, -0.15) is 5.06 Å². The molecule has 0 saturated heterocycles. The molecule has 4 aromatic rings. The topological polar surface area (TPSA) is 39.3 Å². The molecule has 0 spiro atoms. The molecule has 5 rings (SSSR count). The number of aromatic amines is 1. The van der Waals surface area contributed by atoms with Gasteiger partial charge in [-0.25, -0.2) is 0 Å². The van der Waals surface area contributed by atoms with Crippen molar-refractivity contribution in [3.8, 4) is 0 Å². The number of fused-ring (bicyclic) bond motifs is 4. The van der Waals surface area contributed by atoms with Crippen molar-refractivity contribution in [3.05, 3.63) is 83.6 Å². The molecule has 118 valence electrons. The molecule has 2 N–H and O–H groups in total. The lowest BCUT2D eigenvalue weighted by Gasteiger charge is -2.32. The van der Waals surface area contributed by atoms with E-state index in [9.17, 15) is 5.21 Å². The highest BCUT2D eigenvalue weighted by Gasteiger charge is 2.31. The summed E-state index contributed by atoms with van der Waals surface area (Å²) in [6, 6.07) is 22.9. The summed E-state index contributed by atoms with van der Waals surface area (Å²) in [7, 11) is 0. The van der Waals surface area contributed by atoms with E-state index in [1.165, 1.54) is 26.8 Å². The van der Waals surface area contributed by atoms with Crippen LogP contribution >= 0.6 is 0 Å². The maximum Gasteiger partial charge on any atom is 0.101 e. The SMILES string of the molecule is ON1CCc2c([nH]c3ccccc23)[C@@H]1c1cccc2ccccc12. The number of hydrogen-bond acceptors (Lipinski definition) is 2. The van der Waals surface area contributed by atoms with Gasteiger partial charge in [0.2, 0.25) is 0 Å². The number of nitrogens with one attached hydrogen (secondary N) is 1. The predicted molar refractivity (Wildman–Crippen MR) is 96.3 cm³/mol. The predicted octanol–water partition coefficient (Wildman–Crippen LogP) is 4.66. The normalized spacial score (nSPS) is 18.1. The van der Waals surface area contributed by atoms with Crippen LogP contribution in [0.4, 0.5) is 0 Å². The standard InChI is InChI=1S/C21H18N2O/c24-23-13-12-17-16-9-3-4-11-19(16)22-20(17)21(23)18-10-5-7-14-6-1-2-8-15(14)18/h1-11,21-22,24H,12-13H2/t21-/m0/s1. The molecule has 0 radical (unpaired) electrons. The molecule has 3 heteroatoms. The maximum absolute atomic E-state index is 10.7. The van der Waals surface area contributed by atoms with Crippen LogP contribution in [0.5, 0.6) is 0 Å². The largest absolute Gasteiger partial charge is 0.356 e. The van der Waals surface area contributed by atoms with E-state index in [-0.39, 0.29) is 6.04 Å². The zero-order chi connectivity index (χ0) is 16.1. The zero-order valence-corrected chi connectivity index (χ0v) is 13.2. The Kier molecular flexibility index (Phi) is 2.98. The van der Waals surface area contributed by atoms with E-state index in [0.29, 0.717) is 6.54 Å². The molecule has 0 aliphatic carbocycles. The third kappa shape index (κ3) is 1.92. The highest BCUT2D eigenvalue weighted by Crippen LogP contribution is 2.39. The van der Waals surface area contributed by atoms with Gasteiger partial charge in [-0.3, -0.25) is 0 Å². The van der Waals surface area contributed by atoms with Gasteiger partial charge in [0.25, 0.3) is 0 Å². The van der Waals surface area contributed by atoms with Gasteiger partial charge in [-0.1, -0.05) is 60.7 Å². The summed E-state index contributed by atoms with van der Waals surface area (Å²) < 4.78 is 0. The number of rotatable bonds is 1. The minimum absolute atomic E-state index is 0.160. The molecule has 3 nitrogen and oxygen atoms in total. The van der Waals surface area contributed by atoms with E-state index in [0.717, 1.165) is 23.2 Å². The summed E-state index contributed by atoms with van der Waals surface area (Å²) >= 11 is 0. The van der Waals surface area contributed by atoms with Crippen LogP contribution in [-0.2, 0) is 6.42 Å². The molecule has 24 heavy (non-hydrogen) atoms. The molecule has 0 amide bonds. The fourth-order valence-corrected chi connectivity index (χ4v) is 4.03. The lowest BCUT2D eigenvalue weighted by molar-refractivity contribution is -0.121. The Labute approximate surface area is 140 Å². The third-order valence-corrected chi connectivity index (χ3v) is 5.13. The van der Waals surface area contributed by atoms with E-state index in [1.54, 1.807) is 0 Å². The second kappa shape index (κ2) is 5.20. The van der Waals surface area contributed by atoms with Gasteiger partial charge >= 0.3 is 0 Å². The summed E-state index contributed by atoms with van der Waals surface area (Å²) in [6.07, 6.45) is 0.858. The minimum atomic E-state index is -0.160. The molecule has 0 unspecified atom stereocenters. The summed E-state index contributed by atoms with van der Waals surface area (Å²) in [6.45, 7) is 0.642. The number of H-pyrrole nitrogens is 1. The first kappa shape index (κ1) is 13.8. The third-order valence-electron chi connectivity index (χ3n) is 5.13. The summed E-state index contributed by atoms with van der Waals surface area (Å²) in [5.41, 5.74) is 4.72. The average molecular weight is 314 g/mol. The number of benzene rings is 3. The first-order valence-electron chi connectivity index (χ1n) is 8.35. The Morgan fingerprint density at radius 3 is 2.54 bits per heavy atom. The van der Waals surface area contributed by atoms with Gasteiger partial charge in [0.05, 0.1) is 0 Å². The lowest BCUT2D eigenvalue weighted by atomic mass is 9.91. The second-order valence-corrected chi connectivity index (χ2v) is 6.45. The monoisotopic (exact) mass is 314 g/mol. The van der Waals surface area contributed by atoms with Crippen molar-refractivity contribution in [2.75, 3.05) is 6.54 Å². The molecule has 0 fully saturated rings. The van der Waals surface area contributed by atoms with Crippen LogP contribution in [-0.4, -0.2) is 21.8 Å². The van der Waals surface area contributed by atoms with Crippen molar-refractivity contribution in [1.29, 1.82) is 0 Å². The van der Waals surface area contributed by atoms with Gasteiger partial charge in [-0.15, -0.1) is 0 Å². The van der Waals surface area contributed by atoms with E-state index < -0.39 is 0 Å². The molecule has 1 atom stereocenters. The Bertz CT molecular complexity index is 1040. The fourth-order valence-electron chi connectivity index (χ4n) is 4.03. The van der Waals surface area contributed by atoms with E-state index >= 15 is 0 Å². The molecule has 0 saturated carbocycles. The molecular weight excluding hydrogens is 296 g/mol. The first-order valence-corrected chi connectivity index (χ1v) is 8.35. The van der Waals surface area contributed by atoms with Crippen LogP contribution < -0.4 is 0 Å². The Morgan fingerprint density at radius 1 is 0.875 bits per heavy atom. The van der Waals surface area contributed by atoms with E-state index in [4.69, 9.17) is 0 Å². The molecule has 3 aromatic carbocycles. The average Bonchev–Trinajstić information content (AvgIpc) is 3.00. The van der Waals surface area contributed by atoms with Crippen molar-refractivity contribution in [3.63, 3.8) is 0 Å². The van der Waals surface area contributed by atoms with Gasteiger partial charge < -0.3 is 10.2 Å². The second-order valence-electron chi connectivity index (χ2n) is 6.45. The van der Waals surface area contributed by atoms with Crippen LogP contribution in [0.3, 0.4) is 0 Å². The number of aromatic nitrogens is 1. The summed E-state index contributed by atoms with van der Waals surface area (Å²) in [4.78, 5) is 3.56. The van der Waals surface area contributed by atoms with Gasteiger partial charge in [-0.05, 0) is 34.4 Å². The Morgan fingerprint density at radius 2 is 1.62 bits per heavy atom. The Hall–Kier alpha value is -2.62. The number of para-hydroxylation sites is 1. The van der Waals surface area contributed by atoms with Crippen molar-refractivity contribution < 1.29 is 5.21 Å². The van der Waals surface area contributed by atoms with Crippen LogP contribution in [0.1, 0.15) is 22.9 Å². The molecule has 1 aromatic heterocycles. The van der Waals surface area contributed by atoms with Gasteiger partial charge in [0, 0.05) is 23.1 Å².